The van der Waals surface area contributed by atoms with Gasteiger partial charge in [0, 0.05) is 0 Å². The number of benzene rings is 2. The SMILES string of the molecule is CCOC(=O)C1=C(c2ccccc2)NC(=O)NC1c1ccccc1. The molecule has 0 bridgehead atoms. The van der Waals surface area contributed by atoms with Crippen molar-refractivity contribution in [3.05, 3.63) is 77.4 Å². The van der Waals surface area contributed by atoms with Gasteiger partial charge in [-0.25, -0.2) is 9.59 Å². The molecule has 0 saturated carbocycles. The van der Waals surface area contributed by atoms with E-state index in [1.54, 1.807) is 6.92 Å². The minimum Gasteiger partial charge on any atom is -0.463 e. The number of hydrogen-bond acceptors (Lipinski definition) is 3. The van der Waals surface area contributed by atoms with Crippen LogP contribution < -0.4 is 10.6 Å². The van der Waals surface area contributed by atoms with Gasteiger partial charge >= 0.3 is 12.0 Å². The summed E-state index contributed by atoms with van der Waals surface area (Å²) in [5.41, 5.74) is 2.46. The lowest BCUT2D eigenvalue weighted by Crippen LogP contribution is -2.45. The van der Waals surface area contributed by atoms with Crippen LogP contribution in [0, 0.1) is 0 Å². The maximum Gasteiger partial charge on any atom is 0.338 e. The molecule has 0 saturated heterocycles. The third-order valence-electron chi connectivity index (χ3n) is 3.76. The molecule has 24 heavy (non-hydrogen) atoms. The van der Waals surface area contributed by atoms with E-state index in [9.17, 15) is 9.59 Å². The monoisotopic (exact) mass is 322 g/mol. The van der Waals surface area contributed by atoms with E-state index in [1.165, 1.54) is 0 Å². The van der Waals surface area contributed by atoms with Crippen LogP contribution in [0.25, 0.3) is 5.70 Å². The maximum atomic E-state index is 12.6. The van der Waals surface area contributed by atoms with E-state index in [-0.39, 0.29) is 12.6 Å². The first kappa shape index (κ1) is 15.8. The highest BCUT2D eigenvalue weighted by molar-refractivity contribution is 6.04. The predicted molar refractivity (Wildman–Crippen MR) is 90.8 cm³/mol. The normalized spacial score (nSPS) is 17.0. The molecular formula is C19H18N2O3. The number of esters is 1. The Morgan fingerprint density at radius 1 is 1.04 bits per heavy atom. The first-order valence-electron chi connectivity index (χ1n) is 7.80. The molecule has 0 fully saturated rings. The zero-order valence-corrected chi connectivity index (χ0v) is 13.3. The van der Waals surface area contributed by atoms with Crippen molar-refractivity contribution in [3.63, 3.8) is 0 Å². The average Bonchev–Trinajstić information content (AvgIpc) is 2.62. The molecule has 0 spiro atoms. The minimum absolute atomic E-state index is 0.264. The van der Waals surface area contributed by atoms with Crippen LogP contribution >= 0.6 is 0 Å². The molecule has 5 heteroatoms. The highest BCUT2D eigenvalue weighted by Gasteiger charge is 2.34. The number of hydrogen-bond donors (Lipinski definition) is 2. The van der Waals surface area contributed by atoms with Gasteiger partial charge in [-0.15, -0.1) is 0 Å². The second kappa shape index (κ2) is 7.00. The summed E-state index contributed by atoms with van der Waals surface area (Å²) >= 11 is 0. The molecular weight excluding hydrogens is 304 g/mol. The lowest BCUT2D eigenvalue weighted by atomic mass is 9.93. The molecule has 2 N–H and O–H groups in total. The van der Waals surface area contributed by atoms with Gasteiger partial charge in [0.2, 0.25) is 0 Å². The molecule has 2 amide bonds. The second-order valence-corrected chi connectivity index (χ2v) is 5.32. The Labute approximate surface area is 140 Å². The summed E-state index contributed by atoms with van der Waals surface area (Å²) in [4.78, 5) is 24.7. The van der Waals surface area contributed by atoms with Gasteiger partial charge < -0.3 is 15.4 Å². The van der Waals surface area contributed by atoms with E-state index in [1.807, 2.05) is 60.7 Å². The number of ether oxygens (including phenoxy) is 1. The zero-order valence-electron chi connectivity index (χ0n) is 13.3. The Kier molecular flexibility index (Phi) is 4.61. The van der Waals surface area contributed by atoms with E-state index < -0.39 is 12.0 Å². The number of urea groups is 1. The van der Waals surface area contributed by atoms with Gasteiger partial charge in [0.1, 0.15) is 0 Å². The van der Waals surface area contributed by atoms with Crippen molar-refractivity contribution in [2.24, 2.45) is 0 Å². The van der Waals surface area contributed by atoms with Gasteiger partial charge in [0.15, 0.2) is 0 Å². The third kappa shape index (κ3) is 3.15. The number of carbonyl (C=O) groups excluding carboxylic acids is 2. The van der Waals surface area contributed by atoms with Crippen molar-refractivity contribution in [3.8, 4) is 0 Å². The first-order valence-corrected chi connectivity index (χ1v) is 7.80. The smallest absolute Gasteiger partial charge is 0.338 e. The lowest BCUT2D eigenvalue weighted by molar-refractivity contribution is -0.138. The molecule has 0 aromatic heterocycles. The maximum absolute atomic E-state index is 12.6. The quantitative estimate of drug-likeness (QED) is 0.850. The molecule has 0 aliphatic carbocycles. The Bertz CT molecular complexity index is 770. The molecule has 0 radical (unpaired) electrons. The van der Waals surface area contributed by atoms with Crippen LogP contribution in [0.3, 0.4) is 0 Å². The lowest BCUT2D eigenvalue weighted by Gasteiger charge is -2.29. The van der Waals surface area contributed by atoms with Crippen molar-refractivity contribution in [2.75, 3.05) is 6.61 Å². The fourth-order valence-corrected chi connectivity index (χ4v) is 2.72. The molecule has 2 aromatic carbocycles. The van der Waals surface area contributed by atoms with Gasteiger partial charge in [0.05, 0.1) is 23.9 Å². The Hall–Kier alpha value is -3.08. The second-order valence-electron chi connectivity index (χ2n) is 5.32. The van der Waals surface area contributed by atoms with E-state index in [0.29, 0.717) is 11.3 Å². The van der Waals surface area contributed by atoms with E-state index in [2.05, 4.69) is 10.6 Å². The van der Waals surface area contributed by atoms with Gasteiger partial charge in [-0.05, 0) is 18.1 Å². The summed E-state index contributed by atoms with van der Waals surface area (Å²) in [6.07, 6.45) is 0. The van der Waals surface area contributed by atoms with Crippen LogP contribution in [0.1, 0.15) is 24.1 Å². The predicted octanol–water partition coefficient (Wildman–Crippen LogP) is 3.01. The molecule has 2 aromatic rings. The fourth-order valence-electron chi connectivity index (χ4n) is 2.72. The van der Waals surface area contributed by atoms with Gasteiger partial charge in [0.25, 0.3) is 0 Å². The van der Waals surface area contributed by atoms with Crippen LogP contribution in [-0.2, 0) is 9.53 Å². The van der Waals surface area contributed by atoms with Crippen molar-refractivity contribution in [1.82, 2.24) is 10.6 Å². The summed E-state index contributed by atoms with van der Waals surface area (Å²) < 4.78 is 5.23. The van der Waals surface area contributed by atoms with Gasteiger partial charge in [-0.2, -0.15) is 0 Å². The van der Waals surface area contributed by atoms with Gasteiger partial charge in [-0.3, -0.25) is 0 Å². The number of carbonyl (C=O) groups is 2. The Morgan fingerprint density at radius 3 is 2.29 bits per heavy atom. The van der Waals surface area contributed by atoms with Crippen LogP contribution in [0.5, 0.6) is 0 Å². The highest BCUT2D eigenvalue weighted by atomic mass is 16.5. The average molecular weight is 322 g/mol. The Balaban J connectivity index is 2.16. The van der Waals surface area contributed by atoms with Crippen molar-refractivity contribution in [1.29, 1.82) is 0 Å². The highest BCUT2D eigenvalue weighted by Crippen LogP contribution is 2.31. The minimum atomic E-state index is -0.561. The summed E-state index contributed by atoms with van der Waals surface area (Å²) in [6.45, 7) is 2.02. The Morgan fingerprint density at radius 2 is 1.67 bits per heavy atom. The van der Waals surface area contributed by atoms with Crippen molar-refractivity contribution in [2.45, 2.75) is 13.0 Å². The summed E-state index contributed by atoms with van der Waals surface area (Å²) in [6, 6.07) is 17.8. The van der Waals surface area contributed by atoms with E-state index in [0.717, 1.165) is 11.1 Å². The zero-order chi connectivity index (χ0) is 16.9. The fraction of sp³-hybridized carbons (Fsp3) is 0.158. The first-order chi connectivity index (χ1) is 11.7. The summed E-state index contributed by atoms with van der Waals surface area (Å²) in [7, 11) is 0. The van der Waals surface area contributed by atoms with Crippen molar-refractivity contribution >= 4 is 17.7 Å². The van der Waals surface area contributed by atoms with E-state index in [4.69, 9.17) is 4.74 Å². The summed E-state index contributed by atoms with van der Waals surface area (Å²) in [5.74, 6) is -0.447. The van der Waals surface area contributed by atoms with Crippen LogP contribution in [0.15, 0.2) is 66.2 Å². The van der Waals surface area contributed by atoms with E-state index >= 15 is 0 Å². The number of amides is 2. The molecule has 1 atom stereocenters. The number of nitrogens with one attached hydrogen (secondary N) is 2. The summed E-state index contributed by atoms with van der Waals surface area (Å²) in [5, 5.41) is 5.56. The molecule has 1 unspecified atom stereocenters. The van der Waals surface area contributed by atoms with Gasteiger partial charge in [-0.1, -0.05) is 60.7 Å². The molecule has 3 rings (SSSR count). The standard InChI is InChI=1S/C19H18N2O3/c1-2-24-18(22)15-16(13-9-5-3-6-10-13)20-19(23)21-17(15)14-11-7-4-8-12-14/h3-12,16H,2H2,1H3,(H2,20,21,23). The van der Waals surface area contributed by atoms with Crippen molar-refractivity contribution < 1.29 is 14.3 Å². The number of rotatable bonds is 4. The van der Waals surface area contributed by atoms with Crippen LogP contribution in [0.4, 0.5) is 4.79 Å². The molecule has 1 aliphatic heterocycles. The largest absolute Gasteiger partial charge is 0.463 e. The molecule has 122 valence electrons. The topological polar surface area (TPSA) is 67.4 Å². The van der Waals surface area contributed by atoms with Crippen LogP contribution in [0.2, 0.25) is 0 Å². The molecule has 1 aliphatic rings. The molecule has 5 nitrogen and oxygen atoms in total. The van der Waals surface area contributed by atoms with Crippen LogP contribution in [-0.4, -0.2) is 18.6 Å². The molecule has 1 heterocycles. The third-order valence-corrected chi connectivity index (χ3v) is 3.76.